The lowest BCUT2D eigenvalue weighted by atomic mass is 10.1. The number of hydrogen-bond acceptors (Lipinski definition) is 8. The van der Waals surface area contributed by atoms with Gasteiger partial charge in [0.25, 0.3) is 0 Å². The second kappa shape index (κ2) is 11.8. The molecule has 8 N–H and O–H groups in total. The summed E-state index contributed by atoms with van der Waals surface area (Å²) in [5, 5.41) is 37.1. The van der Waals surface area contributed by atoms with Crippen molar-refractivity contribution in [3.63, 3.8) is 0 Å². The van der Waals surface area contributed by atoms with Gasteiger partial charge >= 0.3 is 11.9 Å². The highest BCUT2D eigenvalue weighted by molar-refractivity contribution is 5.95. The van der Waals surface area contributed by atoms with Gasteiger partial charge in [0, 0.05) is 18.3 Å². The first-order valence-corrected chi connectivity index (χ1v) is 9.88. The maximum atomic E-state index is 12.8. The average molecular weight is 454 g/mol. The summed E-state index contributed by atoms with van der Waals surface area (Å²) < 4.78 is 0. The number of aliphatic hydroxyl groups is 1. The Hall–Kier alpha value is -3.52. The van der Waals surface area contributed by atoms with Crippen LogP contribution >= 0.6 is 0 Å². The quantitative estimate of drug-likeness (QED) is 0.157. The van der Waals surface area contributed by atoms with E-state index in [1.54, 1.807) is 0 Å². The van der Waals surface area contributed by atoms with Crippen molar-refractivity contribution in [2.45, 2.75) is 49.9 Å². The van der Waals surface area contributed by atoms with Gasteiger partial charge in [0.15, 0.2) is 0 Å². The van der Waals surface area contributed by atoms with E-state index in [4.69, 9.17) is 15.3 Å². The van der Waals surface area contributed by atoms with Crippen LogP contribution < -0.4 is 21.3 Å². The minimum Gasteiger partial charge on any atom is -0.481 e. The van der Waals surface area contributed by atoms with Crippen LogP contribution in [0.4, 0.5) is 0 Å². The zero-order valence-corrected chi connectivity index (χ0v) is 17.0. The van der Waals surface area contributed by atoms with Crippen molar-refractivity contribution < 1.29 is 39.3 Å². The highest BCUT2D eigenvalue weighted by Gasteiger charge is 2.32. The first-order valence-electron chi connectivity index (χ1n) is 9.88. The molecule has 1 fully saturated rings. The summed E-state index contributed by atoms with van der Waals surface area (Å²) in [7, 11) is 0. The van der Waals surface area contributed by atoms with E-state index in [0.29, 0.717) is 18.7 Å². The number of aromatic nitrogens is 2. The van der Waals surface area contributed by atoms with Crippen molar-refractivity contribution in [2.24, 2.45) is 0 Å². The number of hydrogen-bond donors (Lipinski definition) is 8. The van der Waals surface area contributed by atoms with Gasteiger partial charge < -0.3 is 41.6 Å². The van der Waals surface area contributed by atoms with E-state index in [9.17, 15) is 24.0 Å². The molecule has 14 heteroatoms. The van der Waals surface area contributed by atoms with Gasteiger partial charge in [-0.1, -0.05) is 0 Å². The summed E-state index contributed by atoms with van der Waals surface area (Å²) in [4.78, 5) is 66.6. The minimum absolute atomic E-state index is 0.132. The Morgan fingerprint density at radius 2 is 1.75 bits per heavy atom. The molecule has 0 aromatic carbocycles. The number of nitrogens with zero attached hydrogens (tertiary/aromatic N) is 1. The van der Waals surface area contributed by atoms with Gasteiger partial charge in [0.1, 0.15) is 18.1 Å². The van der Waals surface area contributed by atoms with Crippen LogP contribution in [0.2, 0.25) is 0 Å². The Labute approximate surface area is 182 Å². The number of carboxylic acid groups (broad SMARTS) is 2. The summed E-state index contributed by atoms with van der Waals surface area (Å²) in [6.45, 7) is -0.256. The highest BCUT2D eigenvalue weighted by Crippen LogP contribution is 2.07. The standard InChI is InChI=1S/C18H26N6O8/c25-7-13(18(31)32)24-16(29)11(4-9-6-19-8-21-9)22-17(30)12(5-14(26)27)23-15(28)10-2-1-3-20-10/h6,8,10-13,20,25H,1-5,7H2,(H,19,21)(H,22,30)(H,23,28)(H,24,29)(H,26,27)(H,31,32). The van der Waals surface area contributed by atoms with E-state index in [1.807, 2.05) is 0 Å². The maximum absolute atomic E-state index is 12.8. The first-order chi connectivity index (χ1) is 15.2. The van der Waals surface area contributed by atoms with Crippen molar-refractivity contribution in [1.82, 2.24) is 31.2 Å². The van der Waals surface area contributed by atoms with E-state index >= 15 is 0 Å². The molecule has 1 aliphatic rings. The molecule has 2 rings (SSSR count). The van der Waals surface area contributed by atoms with E-state index in [-0.39, 0.29) is 6.42 Å². The molecule has 4 unspecified atom stereocenters. The molecule has 0 spiro atoms. The molecular weight excluding hydrogens is 428 g/mol. The smallest absolute Gasteiger partial charge is 0.328 e. The molecule has 0 bridgehead atoms. The summed E-state index contributed by atoms with van der Waals surface area (Å²) in [6, 6.07) is -4.96. The predicted octanol–water partition coefficient (Wildman–Crippen LogP) is -3.29. The number of carbonyl (C=O) groups excluding carboxylic acids is 3. The number of H-pyrrole nitrogens is 1. The van der Waals surface area contributed by atoms with Crippen LogP contribution in [-0.4, -0.2) is 92.3 Å². The topological polar surface area (TPSA) is 223 Å². The molecule has 4 atom stereocenters. The Balaban J connectivity index is 2.14. The maximum Gasteiger partial charge on any atom is 0.328 e. The molecule has 0 radical (unpaired) electrons. The lowest BCUT2D eigenvalue weighted by Gasteiger charge is -2.24. The molecule has 1 saturated heterocycles. The zero-order valence-electron chi connectivity index (χ0n) is 17.0. The molecule has 176 valence electrons. The molecule has 1 aromatic heterocycles. The molecular formula is C18H26N6O8. The summed E-state index contributed by atoms with van der Waals surface area (Å²) in [5.74, 6) is -5.22. The van der Waals surface area contributed by atoms with Crippen LogP contribution in [0, 0.1) is 0 Å². The molecule has 32 heavy (non-hydrogen) atoms. The van der Waals surface area contributed by atoms with Crippen molar-refractivity contribution >= 4 is 29.7 Å². The third-order valence-corrected chi connectivity index (χ3v) is 4.80. The Morgan fingerprint density at radius 3 is 2.28 bits per heavy atom. The van der Waals surface area contributed by atoms with Gasteiger partial charge in [-0.3, -0.25) is 19.2 Å². The number of aromatic amines is 1. The van der Waals surface area contributed by atoms with Gasteiger partial charge in [-0.15, -0.1) is 0 Å². The molecule has 3 amide bonds. The lowest BCUT2D eigenvalue weighted by Crippen LogP contribution is -2.58. The van der Waals surface area contributed by atoms with Crippen molar-refractivity contribution in [2.75, 3.05) is 13.2 Å². The van der Waals surface area contributed by atoms with Crippen LogP contribution in [0.5, 0.6) is 0 Å². The van der Waals surface area contributed by atoms with Crippen molar-refractivity contribution in [3.8, 4) is 0 Å². The van der Waals surface area contributed by atoms with Crippen LogP contribution in [0.1, 0.15) is 25.0 Å². The van der Waals surface area contributed by atoms with Crippen molar-refractivity contribution in [1.29, 1.82) is 0 Å². The monoisotopic (exact) mass is 454 g/mol. The predicted molar refractivity (Wildman–Crippen MR) is 106 cm³/mol. The van der Waals surface area contributed by atoms with Gasteiger partial charge in [0.2, 0.25) is 17.7 Å². The van der Waals surface area contributed by atoms with Crippen LogP contribution in [0.3, 0.4) is 0 Å². The average Bonchev–Trinajstić information content (AvgIpc) is 3.44. The fourth-order valence-electron chi connectivity index (χ4n) is 3.12. The van der Waals surface area contributed by atoms with Crippen LogP contribution in [0.15, 0.2) is 12.5 Å². The summed E-state index contributed by atoms with van der Waals surface area (Å²) in [5.41, 5.74) is 0.426. The van der Waals surface area contributed by atoms with Crippen LogP contribution in [-0.2, 0) is 30.4 Å². The molecule has 14 nitrogen and oxygen atoms in total. The number of amides is 3. The number of carbonyl (C=O) groups is 5. The first kappa shape index (κ1) is 24.7. The van der Waals surface area contributed by atoms with Gasteiger partial charge in [-0.2, -0.15) is 0 Å². The van der Waals surface area contributed by atoms with Gasteiger partial charge in [-0.05, 0) is 19.4 Å². The fourth-order valence-corrected chi connectivity index (χ4v) is 3.12. The number of aliphatic hydroxyl groups excluding tert-OH is 1. The normalized spacial score (nSPS) is 18.2. The Kier molecular flexibility index (Phi) is 9.09. The fraction of sp³-hybridized carbons (Fsp3) is 0.556. The van der Waals surface area contributed by atoms with Gasteiger partial charge in [-0.25, -0.2) is 9.78 Å². The van der Waals surface area contributed by atoms with Crippen molar-refractivity contribution in [3.05, 3.63) is 18.2 Å². The lowest BCUT2D eigenvalue weighted by molar-refractivity contribution is -0.144. The largest absolute Gasteiger partial charge is 0.481 e. The second-order valence-electron chi connectivity index (χ2n) is 7.23. The Morgan fingerprint density at radius 1 is 1.06 bits per heavy atom. The number of rotatable bonds is 12. The van der Waals surface area contributed by atoms with Crippen LogP contribution in [0.25, 0.3) is 0 Å². The van der Waals surface area contributed by atoms with E-state index in [1.165, 1.54) is 12.5 Å². The molecule has 1 aliphatic heterocycles. The van der Waals surface area contributed by atoms with E-state index < -0.39 is 66.9 Å². The zero-order chi connectivity index (χ0) is 23.7. The molecule has 0 saturated carbocycles. The molecule has 0 aliphatic carbocycles. The number of aliphatic carboxylic acids is 2. The number of carboxylic acids is 2. The van der Waals surface area contributed by atoms with Gasteiger partial charge in [0.05, 0.1) is 25.4 Å². The second-order valence-corrected chi connectivity index (χ2v) is 7.23. The third-order valence-electron chi connectivity index (χ3n) is 4.80. The SMILES string of the molecule is O=C(O)CC(NC(=O)C1CCCN1)C(=O)NC(Cc1cnc[nH]1)C(=O)NC(CO)C(=O)O. The minimum atomic E-state index is -1.60. The number of nitrogens with one attached hydrogen (secondary N) is 5. The molecule has 1 aromatic rings. The summed E-state index contributed by atoms with van der Waals surface area (Å²) in [6.07, 6.45) is 3.16. The summed E-state index contributed by atoms with van der Waals surface area (Å²) >= 11 is 0. The number of imidazole rings is 1. The Bertz CT molecular complexity index is 823. The molecule has 2 heterocycles. The van der Waals surface area contributed by atoms with E-state index in [0.717, 1.165) is 6.42 Å². The third kappa shape index (κ3) is 7.31. The highest BCUT2D eigenvalue weighted by atomic mass is 16.4. The van der Waals surface area contributed by atoms with E-state index in [2.05, 4.69) is 31.2 Å².